The van der Waals surface area contributed by atoms with Gasteiger partial charge in [0.1, 0.15) is 0 Å². The highest BCUT2D eigenvalue weighted by Gasteiger charge is 2.15. The number of nitrogens with zero attached hydrogens (tertiary/aromatic N) is 1. The lowest BCUT2D eigenvalue weighted by molar-refractivity contribution is -0.152. The second-order valence-corrected chi connectivity index (χ2v) is 5.92. The molecule has 9 nitrogen and oxygen atoms in total. The number of hydrogen-bond donors (Lipinski definition) is 1. The van der Waals surface area contributed by atoms with Crippen LogP contribution in [0.4, 0.5) is 0 Å². The Hall–Kier alpha value is -3.88. The first kappa shape index (κ1) is 19.9. The summed E-state index contributed by atoms with van der Waals surface area (Å²) in [6.07, 6.45) is 0. The molecule has 0 unspecified atom stereocenters. The second kappa shape index (κ2) is 9.36. The van der Waals surface area contributed by atoms with Crippen molar-refractivity contribution in [1.29, 1.82) is 0 Å². The molecule has 9 heteroatoms. The molecule has 1 aliphatic rings. The van der Waals surface area contributed by atoms with Crippen molar-refractivity contribution in [3.05, 3.63) is 59.7 Å². The number of nitrogens with one attached hydrogen (secondary N) is 1. The zero-order valence-electron chi connectivity index (χ0n) is 15.5. The van der Waals surface area contributed by atoms with Crippen molar-refractivity contribution in [3.63, 3.8) is 0 Å². The van der Waals surface area contributed by atoms with Gasteiger partial charge in [0, 0.05) is 11.1 Å². The molecule has 1 N–H and O–H groups in total. The number of benzene rings is 2. The van der Waals surface area contributed by atoms with Crippen LogP contribution in [0.3, 0.4) is 0 Å². The molecule has 1 aliphatic heterocycles. The Labute approximate surface area is 166 Å². The van der Waals surface area contributed by atoms with E-state index in [0.717, 1.165) is 5.56 Å². The van der Waals surface area contributed by atoms with Gasteiger partial charge in [0.2, 0.25) is 13.4 Å². The van der Waals surface area contributed by atoms with Crippen molar-refractivity contribution in [1.82, 2.24) is 5.32 Å². The van der Waals surface area contributed by atoms with Crippen LogP contribution in [0.2, 0.25) is 0 Å². The average Bonchev–Trinajstić information content (AvgIpc) is 3.20. The van der Waals surface area contributed by atoms with E-state index in [1.54, 1.807) is 55.5 Å². The van der Waals surface area contributed by atoms with E-state index in [1.807, 2.05) is 0 Å². The summed E-state index contributed by atoms with van der Waals surface area (Å²) < 4.78 is 15.3. The number of amides is 2. The van der Waals surface area contributed by atoms with Crippen molar-refractivity contribution < 1.29 is 33.4 Å². The summed E-state index contributed by atoms with van der Waals surface area (Å²) in [6, 6.07) is 13.5. The topological polar surface area (TPSA) is 113 Å². The predicted molar refractivity (Wildman–Crippen MR) is 101 cm³/mol. The summed E-state index contributed by atoms with van der Waals surface area (Å²) in [6.45, 7) is 0.779. The molecule has 2 aromatic rings. The van der Waals surface area contributed by atoms with Gasteiger partial charge in [-0.2, -0.15) is 0 Å². The van der Waals surface area contributed by atoms with Crippen molar-refractivity contribution >= 4 is 23.5 Å². The molecule has 150 valence electrons. The normalized spacial score (nSPS) is 12.2. The summed E-state index contributed by atoms with van der Waals surface area (Å²) in [4.78, 5) is 40.1. The number of carbonyl (C=O) groups excluding carboxylic acids is 3. The summed E-state index contributed by atoms with van der Waals surface area (Å²) in [7, 11) is 0. The van der Waals surface area contributed by atoms with E-state index in [4.69, 9.17) is 19.0 Å². The molecule has 2 aromatic carbocycles. The molecule has 0 saturated heterocycles. The molecule has 0 fully saturated rings. The number of carbonyl (C=O) groups is 3. The van der Waals surface area contributed by atoms with Crippen LogP contribution in [0.1, 0.15) is 22.8 Å². The van der Waals surface area contributed by atoms with Gasteiger partial charge in [-0.25, -0.2) is 4.79 Å². The Morgan fingerprint density at radius 3 is 2.55 bits per heavy atom. The first-order valence-corrected chi connectivity index (χ1v) is 8.64. The fraction of sp³-hybridized carbons (Fsp3) is 0.200. The fourth-order valence-corrected chi connectivity index (χ4v) is 2.37. The van der Waals surface area contributed by atoms with Gasteiger partial charge in [0.15, 0.2) is 18.1 Å². The first-order valence-electron chi connectivity index (χ1n) is 8.64. The SMILES string of the molecule is C/C(=N/OCC(=O)OCC(=O)NC(=O)c1ccccc1)c1ccc2c(c1)OCO2. The largest absolute Gasteiger partial charge is 0.454 e. The summed E-state index contributed by atoms with van der Waals surface area (Å²) in [5, 5.41) is 5.96. The van der Waals surface area contributed by atoms with Crippen molar-refractivity contribution in [2.75, 3.05) is 20.0 Å². The van der Waals surface area contributed by atoms with Gasteiger partial charge in [-0.05, 0) is 37.3 Å². The van der Waals surface area contributed by atoms with Gasteiger partial charge in [-0.15, -0.1) is 0 Å². The van der Waals surface area contributed by atoms with Gasteiger partial charge in [0.05, 0.1) is 5.71 Å². The quantitative estimate of drug-likeness (QED) is 0.429. The Balaban J connectivity index is 1.40. The highest BCUT2D eigenvalue weighted by Crippen LogP contribution is 2.32. The van der Waals surface area contributed by atoms with E-state index in [-0.39, 0.29) is 6.79 Å². The Bertz CT molecular complexity index is 941. The molecule has 0 bridgehead atoms. The van der Waals surface area contributed by atoms with E-state index < -0.39 is 31.0 Å². The maximum atomic E-state index is 11.8. The van der Waals surface area contributed by atoms with Crippen LogP contribution in [0.5, 0.6) is 11.5 Å². The lowest BCUT2D eigenvalue weighted by Gasteiger charge is -2.06. The third-order valence-corrected chi connectivity index (χ3v) is 3.83. The van der Waals surface area contributed by atoms with E-state index in [2.05, 4.69) is 10.5 Å². The van der Waals surface area contributed by atoms with Crippen molar-refractivity contribution in [2.45, 2.75) is 6.92 Å². The minimum Gasteiger partial charge on any atom is -0.454 e. The smallest absolute Gasteiger partial charge is 0.347 e. The van der Waals surface area contributed by atoms with Crippen LogP contribution in [0.25, 0.3) is 0 Å². The third kappa shape index (κ3) is 5.55. The average molecular weight is 398 g/mol. The van der Waals surface area contributed by atoms with E-state index in [9.17, 15) is 14.4 Å². The molecular formula is C20H18N2O7. The van der Waals surface area contributed by atoms with Crippen molar-refractivity contribution in [2.24, 2.45) is 5.16 Å². The number of esters is 1. The van der Waals surface area contributed by atoms with Crippen LogP contribution >= 0.6 is 0 Å². The van der Waals surface area contributed by atoms with Gasteiger partial charge in [-0.3, -0.25) is 14.9 Å². The Kier molecular flexibility index (Phi) is 6.41. The first-order chi connectivity index (χ1) is 14.0. The number of ether oxygens (including phenoxy) is 3. The monoisotopic (exact) mass is 398 g/mol. The maximum absolute atomic E-state index is 11.8. The van der Waals surface area contributed by atoms with E-state index in [1.165, 1.54) is 0 Å². The van der Waals surface area contributed by atoms with Crippen LogP contribution in [0.15, 0.2) is 53.7 Å². The molecule has 3 rings (SSSR count). The van der Waals surface area contributed by atoms with E-state index in [0.29, 0.717) is 22.8 Å². The third-order valence-electron chi connectivity index (χ3n) is 3.83. The highest BCUT2D eigenvalue weighted by molar-refractivity contribution is 6.05. The van der Waals surface area contributed by atoms with Gasteiger partial charge >= 0.3 is 5.97 Å². The minimum absolute atomic E-state index is 0.168. The molecule has 2 amide bonds. The van der Waals surface area contributed by atoms with Gasteiger partial charge < -0.3 is 19.0 Å². The lowest BCUT2D eigenvalue weighted by Crippen LogP contribution is -2.34. The number of hydrogen-bond acceptors (Lipinski definition) is 8. The predicted octanol–water partition coefficient (Wildman–Crippen LogP) is 1.66. The lowest BCUT2D eigenvalue weighted by atomic mass is 10.1. The molecule has 0 saturated carbocycles. The number of oxime groups is 1. The summed E-state index contributed by atoms with van der Waals surface area (Å²) in [5.74, 6) is -0.865. The number of imide groups is 1. The summed E-state index contributed by atoms with van der Waals surface area (Å²) >= 11 is 0. The molecule has 0 aliphatic carbocycles. The molecule has 0 radical (unpaired) electrons. The second-order valence-electron chi connectivity index (χ2n) is 5.92. The highest BCUT2D eigenvalue weighted by atomic mass is 16.7. The molecular weight excluding hydrogens is 380 g/mol. The Morgan fingerprint density at radius 2 is 1.76 bits per heavy atom. The fourth-order valence-electron chi connectivity index (χ4n) is 2.37. The van der Waals surface area contributed by atoms with Gasteiger partial charge in [0.25, 0.3) is 11.8 Å². The molecule has 0 aromatic heterocycles. The van der Waals surface area contributed by atoms with Crippen LogP contribution in [-0.2, 0) is 19.2 Å². The van der Waals surface area contributed by atoms with Crippen LogP contribution in [0, 0.1) is 0 Å². The molecule has 0 atom stereocenters. The zero-order chi connectivity index (χ0) is 20.6. The summed E-state index contributed by atoms with van der Waals surface area (Å²) in [5.41, 5.74) is 1.58. The number of rotatable bonds is 7. The van der Waals surface area contributed by atoms with Crippen LogP contribution in [-0.4, -0.2) is 43.5 Å². The standard InChI is InChI=1S/C20H18N2O7/c1-13(15-7-8-16-17(9-15)28-12-27-16)22-29-11-19(24)26-10-18(23)21-20(25)14-5-3-2-4-6-14/h2-9H,10-12H2,1H3,(H,21,23,25)/b22-13-. The molecule has 1 heterocycles. The number of fused-ring (bicyclic) bond motifs is 1. The molecule has 29 heavy (non-hydrogen) atoms. The Morgan fingerprint density at radius 1 is 1.00 bits per heavy atom. The van der Waals surface area contributed by atoms with Crippen molar-refractivity contribution in [3.8, 4) is 11.5 Å². The zero-order valence-corrected chi connectivity index (χ0v) is 15.5. The van der Waals surface area contributed by atoms with Gasteiger partial charge in [-0.1, -0.05) is 23.4 Å². The minimum atomic E-state index is -0.797. The van der Waals surface area contributed by atoms with Crippen LogP contribution < -0.4 is 14.8 Å². The molecule has 0 spiro atoms. The van der Waals surface area contributed by atoms with E-state index >= 15 is 0 Å². The maximum Gasteiger partial charge on any atom is 0.347 e.